The smallest absolute Gasteiger partial charge is 0.300 e. The molecule has 0 bridgehead atoms. The molecular formula is C22H20ClN5O2. The SMILES string of the molecule is Cc1ccc(NC(=O)CCCc2nnc3c(=O)n(-c4ccc(Cl)cc4)ccn23)cc1. The molecule has 0 fully saturated rings. The number of amides is 1. The highest BCUT2D eigenvalue weighted by Gasteiger charge is 2.12. The van der Waals surface area contributed by atoms with Crippen LogP contribution in [0.15, 0.2) is 65.7 Å². The molecule has 1 amide bonds. The van der Waals surface area contributed by atoms with Crippen LogP contribution >= 0.6 is 11.6 Å². The molecule has 0 unspecified atom stereocenters. The normalized spacial score (nSPS) is 11.0. The van der Waals surface area contributed by atoms with Crippen LogP contribution in [-0.2, 0) is 11.2 Å². The minimum absolute atomic E-state index is 0.0576. The number of anilines is 1. The van der Waals surface area contributed by atoms with Crippen molar-refractivity contribution in [3.8, 4) is 5.69 Å². The van der Waals surface area contributed by atoms with E-state index in [1.165, 1.54) is 4.57 Å². The molecule has 7 nitrogen and oxygen atoms in total. The van der Waals surface area contributed by atoms with Gasteiger partial charge in [0.1, 0.15) is 5.82 Å². The van der Waals surface area contributed by atoms with Crippen LogP contribution in [0.1, 0.15) is 24.2 Å². The van der Waals surface area contributed by atoms with E-state index in [-0.39, 0.29) is 17.1 Å². The first-order valence-corrected chi connectivity index (χ1v) is 9.97. The number of rotatable bonds is 6. The van der Waals surface area contributed by atoms with Crippen molar-refractivity contribution >= 4 is 28.8 Å². The van der Waals surface area contributed by atoms with E-state index in [9.17, 15) is 9.59 Å². The molecule has 30 heavy (non-hydrogen) atoms. The molecule has 8 heteroatoms. The molecule has 4 rings (SSSR count). The van der Waals surface area contributed by atoms with Gasteiger partial charge in [-0.2, -0.15) is 0 Å². The summed E-state index contributed by atoms with van der Waals surface area (Å²) in [5, 5.41) is 11.7. The van der Waals surface area contributed by atoms with Gasteiger partial charge in [0.15, 0.2) is 0 Å². The number of hydrogen-bond donors (Lipinski definition) is 1. The van der Waals surface area contributed by atoms with Crippen molar-refractivity contribution in [3.05, 3.63) is 87.7 Å². The van der Waals surface area contributed by atoms with Gasteiger partial charge in [0.05, 0.1) is 0 Å². The fourth-order valence-corrected chi connectivity index (χ4v) is 3.30. The number of halogens is 1. The standard InChI is InChI=1S/C22H20ClN5O2/c1-15-5-9-17(10-6-15)24-20(29)4-2-3-19-25-26-21-22(30)27(13-14-28(19)21)18-11-7-16(23)8-12-18/h5-14H,2-4H2,1H3,(H,24,29). The van der Waals surface area contributed by atoms with Crippen molar-refractivity contribution in [3.63, 3.8) is 0 Å². The zero-order chi connectivity index (χ0) is 21.1. The van der Waals surface area contributed by atoms with Gasteiger partial charge in [-0.1, -0.05) is 29.3 Å². The molecule has 0 saturated heterocycles. The van der Waals surface area contributed by atoms with E-state index in [4.69, 9.17) is 11.6 Å². The molecule has 0 atom stereocenters. The fourth-order valence-electron chi connectivity index (χ4n) is 3.18. The van der Waals surface area contributed by atoms with E-state index in [1.54, 1.807) is 41.1 Å². The number of aryl methyl sites for hydroxylation is 2. The van der Waals surface area contributed by atoms with Crippen LogP contribution in [0.2, 0.25) is 5.02 Å². The van der Waals surface area contributed by atoms with Gasteiger partial charge >= 0.3 is 5.56 Å². The van der Waals surface area contributed by atoms with Crippen molar-refractivity contribution in [2.75, 3.05) is 5.32 Å². The Morgan fingerprint density at radius 1 is 1.03 bits per heavy atom. The van der Waals surface area contributed by atoms with Crippen LogP contribution in [0.25, 0.3) is 11.3 Å². The third kappa shape index (κ3) is 4.26. The van der Waals surface area contributed by atoms with E-state index in [0.29, 0.717) is 35.8 Å². The molecule has 0 saturated carbocycles. The zero-order valence-corrected chi connectivity index (χ0v) is 17.1. The van der Waals surface area contributed by atoms with Crippen molar-refractivity contribution in [1.82, 2.24) is 19.2 Å². The van der Waals surface area contributed by atoms with Crippen molar-refractivity contribution in [2.24, 2.45) is 0 Å². The van der Waals surface area contributed by atoms with Gasteiger partial charge in [0, 0.05) is 41.6 Å². The first kappa shape index (κ1) is 19.8. The van der Waals surface area contributed by atoms with Gasteiger partial charge < -0.3 is 5.32 Å². The number of fused-ring (bicyclic) bond motifs is 1. The quantitative estimate of drug-likeness (QED) is 0.513. The summed E-state index contributed by atoms with van der Waals surface area (Å²) in [7, 11) is 0. The lowest BCUT2D eigenvalue weighted by Gasteiger charge is -2.07. The predicted molar refractivity (Wildman–Crippen MR) is 116 cm³/mol. The third-order valence-corrected chi connectivity index (χ3v) is 5.04. The summed E-state index contributed by atoms with van der Waals surface area (Å²) in [5.41, 5.74) is 2.59. The summed E-state index contributed by atoms with van der Waals surface area (Å²) in [6.07, 6.45) is 4.92. The first-order chi connectivity index (χ1) is 14.5. The highest BCUT2D eigenvalue weighted by molar-refractivity contribution is 6.30. The Bertz CT molecular complexity index is 1240. The highest BCUT2D eigenvalue weighted by atomic mass is 35.5. The van der Waals surface area contributed by atoms with E-state index < -0.39 is 0 Å². The molecule has 152 valence electrons. The summed E-state index contributed by atoms with van der Waals surface area (Å²) in [4.78, 5) is 24.9. The summed E-state index contributed by atoms with van der Waals surface area (Å²) < 4.78 is 3.17. The van der Waals surface area contributed by atoms with E-state index >= 15 is 0 Å². The molecule has 0 aliphatic carbocycles. The van der Waals surface area contributed by atoms with Crippen LogP contribution in [0.4, 0.5) is 5.69 Å². The average Bonchev–Trinajstić information content (AvgIpc) is 3.15. The minimum atomic E-state index is -0.268. The first-order valence-electron chi connectivity index (χ1n) is 9.59. The number of hydrogen-bond acceptors (Lipinski definition) is 4. The fraction of sp³-hybridized carbons (Fsp3) is 0.182. The van der Waals surface area contributed by atoms with Crippen molar-refractivity contribution in [2.45, 2.75) is 26.2 Å². The number of carbonyl (C=O) groups is 1. The number of nitrogens with zero attached hydrogens (tertiary/aromatic N) is 4. The highest BCUT2D eigenvalue weighted by Crippen LogP contribution is 2.13. The Morgan fingerprint density at radius 3 is 2.50 bits per heavy atom. The Hall–Kier alpha value is -3.45. The molecular weight excluding hydrogens is 402 g/mol. The maximum Gasteiger partial charge on any atom is 0.300 e. The third-order valence-electron chi connectivity index (χ3n) is 4.79. The van der Waals surface area contributed by atoms with Crippen LogP contribution in [0, 0.1) is 6.92 Å². The second kappa shape index (κ2) is 8.51. The molecule has 2 aromatic carbocycles. The molecule has 0 aliphatic heterocycles. The van der Waals surface area contributed by atoms with E-state index in [0.717, 1.165) is 11.3 Å². The molecule has 4 aromatic rings. The number of aromatic nitrogens is 4. The van der Waals surface area contributed by atoms with Crippen LogP contribution < -0.4 is 10.9 Å². The van der Waals surface area contributed by atoms with Crippen LogP contribution in [0.3, 0.4) is 0 Å². The Balaban J connectivity index is 1.43. The maximum atomic E-state index is 12.8. The Labute approximate surface area is 178 Å². The maximum absolute atomic E-state index is 12.8. The topological polar surface area (TPSA) is 81.3 Å². The number of carbonyl (C=O) groups excluding carboxylic acids is 1. The van der Waals surface area contributed by atoms with Crippen LogP contribution in [0.5, 0.6) is 0 Å². The van der Waals surface area contributed by atoms with Crippen molar-refractivity contribution < 1.29 is 4.79 Å². The van der Waals surface area contributed by atoms with Crippen LogP contribution in [-0.4, -0.2) is 25.1 Å². The molecule has 2 heterocycles. The second-order valence-electron chi connectivity index (χ2n) is 7.03. The van der Waals surface area contributed by atoms with E-state index in [1.807, 2.05) is 31.2 Å². The number of nitrogens with one attached hydrogen (secondary N) is 1. The second-order valence-corrected chi connectivity index (χ2v) is 7.46. The van der Waals surface area contributed by atoms with Gasteiger partial charge in [0.25, 0.3) is 0 Å². The molecule has 2 aromatic heterocycles. The summed E-state index contributed by atoms with van der Waals surface area (Å²) in [6.45, 7) is 2.00. The Morgan fingerprint density at radius 2 is 1.77 bits per heavy atom. The minimum Gasteiger partial charge on any atom is -0.326 e. The lowest BCUT2D eigenvalue weighted by molar-refractivity contribution is -0.116. The summed E-state index contributed by atoms with van der Waals surface area (Å²) >= 11 is 5.92. The van der Waals surface area contributed by atoms with E-state index in [2.05, 4.69) is 15.5 Å². The molecule has 0 spiro atoms. The van der Waals surface area contributed by atoms with Gasteiger partial charge in [0.2, 0.25) is 11.6 Å². The molecule has 0 aliphatic rings. The van der Waals surface area contributed by atoms with Gasteiger partial charge in [-0.25, -0.2) is 0 Å². The monoisotopic (exact) mass is 421 g/mol. The van der Waals surface area contributed by atoms with Gasteiger partial charge in [-0.05, 0) is 49.7 Å². The largest absolute Gasteiger partial charge is 0.326 e. The molecule has 1 N–H and O–H groups in total. The predicted octanol–water partition coefficient (Wildman–Crippen LogP) is 3.80. The van der Waals surface area contributed by atoms with Gasteiger partial charge in [-0.3, -0.25) is 18.6 Å². The lowest BCUT2D eigenvalue weighted by atomic mass is 10.2. The zero-order valence-electron chi connectivity index (χ0n) is 16.4. The number of benzene rings is 2. The Kier molecular flexibility index (Phi) is 5.63. The molecule has 0 radical (unpaired) electrons. The summed E-state index contributed by atoms with van der Waals surface area (Å²) in [5.74, 6) is 0.589. The average molecular weight is 422 g/mol. The van der Waals surface area contributed by atoms with Gasteiger partial charge in [-0.15, -0.1) is 10.2 Å². The van der Waals surface area contributed by atoms with Crippen molar-refractivity contribution in [1.29, 1.82) is 0 Å². The summed E-state index contributed by atoms with van der Waals surface area (Å²) in [6, 6.07) is 14.7. The lowest BCUT2D eigenvalue weighted by Crippen LogP contribution is -2.20.